The second-order valence-corrected chi connectivity index (χ2v) is 4.43. The first-order valence-corrected chi connectivity index (χ1v) is 6.58. The van der Waals surface area contributed by atoms with Gasteiger partial charge < -0.3 is 9.47 Å². The van der Waals surface area contributed by atoms with Gasteiger partial charge in [-0.1, -0.05) is 15.9 Å². The Morgan fingerprint density at radius 2 is 1.86 bits per heavy atom. The van der Waals surface area contributed by atoms with Crippen molar-refractivity contribution in [2.24, 2.45) is 0 Å². The van der Waals surface area contributed by atoms with Gasteiger partial charge in [-0.3, -0.25) is 9.78 Å². The molecule has 22 heavy (non-hydrogen) atoms. The molecule has 0 spiro atoms. The summed E-state index contributed by atoms with van der Waals surface area (Å²) in [5.74, 6) is -2.55. The average Bonchev–Trinajstić information content (AvgIpc) is 2.34. The molecular formula is C11H8BrF6NO3. The van der Waals surface area contributed by atoms with Gasteiger partial charge in [0.15, 0.2) is 0 Å². The third kappa shape index (κ3) is 5.04. The third-order valence-electron chi connectivity index (χ3n) is 2.30. The van der Waals surface area contributed by atoms with Gasteiger partial charge in [0.25, 0.3) is 0 Å². The minimum absolute atomic E-state index is 0.131. The minimum Gasteiger partial charge on any atom is -0.469 e. The predicted octanol–water partition coefficient (Wildman–Crippen LogP) is 3.61. The zero-order valence-corrected chi connectivity index (χ0v) is 12.4. The summed E-state index contributed by atoms with van der Waals surface area (Å²) in [5, 5.41) is -0.131. The van der Waals surface area contributed by atoms with E-state index < -0.39 is 41.9 Å². The molecule has 0 aliphatic carbocycles. The largest absolute Gasteiger partial charge is 0.573 e. The summed E-state index contributed by atoms with van der Waals surface area (Å²) in [6, 6.07) is 0.506. The van der Waals surface area contributed by atoms with Crippen molar-refractivity contribution < 1.29 is 40.6 Å². The van der Waals surface area contributed by atoms with Gasteiger partial charge in [-0.05, 0) is 0 Å². The highest BCUT2D eigenvalue weighted by Gasteiger charge is 2.42. The fraction of sp³-hybridized carbons (Fsp3) is 0.455. The van der Waals surface area contributed by atoms with Crippen molar-refractivity contribution in [1.82, 2.24) is 4.98 Å². The predicted molar refractivity (Wildman–Crippen MR) is 64.3 cm³/mol. The van der Waals surface area contributed by atoms with Crippen LogP contribution < -0.4 is 4.74 Å². The fourth-order valence-corrected chi connectivity index (χ4v) is 1.83. The van der Waals surface area contributed by atoms with E-state index in [1.54, 1.807) is 0 Å². The van der Waals surface area contributed by atoms with Gasteiger partial charge in [-0.25, -0.2) is 0 Å². The molecule has 0 fully saturated rings. The van der Waals surface area contributed by atoms with Crippen LogP contribution in [0.4, 0.5) is 26.3 Å². The Morgan fingerprint density at radius 1 is 1.27 bits per heavy atom. The number of carbonyl (C=O) groups excluding carboxylic acids is 1. The summed E-state index contributed by atoms with van der Waals surface area (Å²) in [5.41, 5.74) is -2.83. The van der Waals surface area contributed by atoms with Gasteiger partial charge in [0, 0.05) is 11.4 Å². The molecule has 0 aromatic carbocycles. The first-order chi connectivity index (χ1) is 9.97. The van der Waals surface area contributed by atoms with E-state index in [-0.39, 0.29) is 11.0 Å². The molecule has 4 nitrogen and oxygen atoms in total. The Balaban J connectivity index is 3.51. The summed E-state index contributed by atoms with van der Waals surface area (Å²) in [4.78, 5) is 14.7. The lowest BCUT2D eigenvalue weighted by atomic mass is 10.1. The molecule has 0 unspecified atom stereocenters. The molecule has 1 heterocycles. The van der Waals surface area contributed by atoms with Crippen LogP contribution in [0.3, 0.4) is 0 Å². The third-order valence-corrected chi connectivity index (χ3v) is 2.87. The molecule has 0 aliphatic heterocycles. The number of hydrogen-bond acceptors (Lipinski definition) is 4. The van der Waals surface area contributed by atoms with E-state index in [9.17, 15) is 31.1 Å². The molecule has 0 aliphatic rings. The molecule has 11 heteroatoms. The smallest absolute Gasteiger partial charge is 0.469 e. The van der Waals surface area contributed by atoms with E-state index in [1.165, 1.54) is 0 Å². The van der Waals surface area contributed by atoms with Crippen LogP contribution in [0.15, 0.2) is 6.07 Å². The highest BCUT2D eigenvalue weighted by molar-refractivity contribution is 9.08. The van der Waals surface area contributed by atoms with Gasteiger partial charge in [0.1, 0.15) is 11.3 Å². The van der Waals surface area contributed by atoms with Crippen LogP contribution in [0, 0.1) is 0 Å². The van der Waals surface area contributed by atoms with Gasteiger partial charge >= 0.3 is 18.5 Å². The van der Waals surface area contributed by atoms with E-state index in [1.807, 2.05) is 0 Å². The Bertz CT molecular complexity index is 558. The zero-order valence-electron chi connectivity index (χ0n) is 10.8. The second-order valence-electron chi connectivity index (χ2n) is 3.87. The van der Waals surface area contributed by atoms with Crippen molar-refractivity contribution in [3.8, 4) is 5.75 Å². The molecule has 1 aromatic heterocycles. The second kappa shape index (κ2) is 6.71. The summed E-state index contributed by atoms with van der Waals surface area (Å²) >= 11 is 2.87. The minimum atomic E-state index is -5.33. The quantitative estimate of drug-likeness (QED) is 0.444. The van der Waals surface area contributed by atoms with Gasteiger partial charge in [-0.2, -0.15) is 13.2 Å². The van der Waals surface area contributed by atoms with Crippen LogP contribution in [0.1, 0.15) is 17.0 Å². The summed E-state index contributed by atoms with van der Waals surface area (Å²) < 4.78 is 83.6. The van der Waals surface area contributed by atoms with E-state index in [4.69, 9.17) is 0 Å². The maximum Gasteiger partial charge on any atom is 0.573 e. The van der Waals surface area contributed by atoms with Crippen LogP contribution >= 0.6 is 15.9 Å². The molecule has 0 bridgehead atoms. The molecule has 1 rings (SSSR count). The Labute approximate surface area is 128 Å². The fourth-order valence-electron chi connectivity index (χ4n) is 1.54. The number of nitrogens with zero attached hydrogens (tertiary/aromatic N) is 1. The summed E-state index contributed by atoms with van der Waals surface area (Å²) in [7, 11) is 0.928. The highest BCUT2D eigenvalue weighted by atomic mass is 79.9. The standard InChI is InChI=1S/C11H8BrF6NO3/c1-21-8(20)3-6-9(10(13,14)15)7(22-11(16,17)18)2-5(4-12)19-6/h2H,3-4H2,1H3. The van der Waals surface area contributed by atoms with Crippen molar-refractivity contribution in [3.63, 3.8) is 0 Å². The first kappa shape index (κ1) is 18.5. The van der Waals surface area contributed by atoms with E-state index >= 15 is 0 Å². The molecule has 1 aromatic rings. The highest BCUT2D eigenvalue weighted by Crippen LogP contribution is 2.41. The number of aromatic nitrogens is 1. The number of rotatable bonds is 4. The van der Waals surface area contributed by atoms with Crippen molar-refractivity contribution >= 4 is 21.9 Å². The summed E-state index contributed by atoms with van der Waals surface area (Å²) in [6.07, 6.45) is -11.5. The molecule has 0 radical (unpaired) electrons. The average molecular weight is 396 g/mol. The number of alkyl halides is 7. The van der Waals surface area contributed by atoms with Crippen molar-refractivity contribution in [3.05, 3.63) is 23.0 Å². The van der Waals surface area contributed by atoms with Gasteiger partial charge in [0.2, 0.25) is 0 Å². The van der Waals surface area contributed by atoms with Crippen molar-refractivity contribution in [2.45, 2.75) is 24.3 Å². The van der Waals surface area contributed by atoms with Crippen LogP contribution in [0.25, 0.3) is 0 Å². The molecule has 0 saturated heterocycles. The van der Waals surface area contributed by atoms with Crippen LogP contribution in [0.2, 0.25) is 0 Å². The lowest BCUT2D eigenvalue weighted by Crippen LogP contribution is -2.23. The number of pyridine rings is 1. The maximum absolute atomic E-state index is 13.0. The Kier molecular flexibility index (Phi) is 5.65. The number of esters is 1. The van der Waals surface area contributed by atoms with E-state index in [0.717, 1.165) is 7.11 Å². The zero-order chi connectivity index (χ0) is 17.1. The molecule has 0 atom stereocenters. The molecule has 0 N–H and O–H groups in total. The van der Waals surface area contributed by atoms with Crippen LogP contribution in [-0.4, -0.2) is 24.4 Å². The van der Waals surface area contributed by atoms with Crippen LogP contribution in [0.5, 0.6) is 5.75 Å². The normalized spacial score (nSPS) is 12.2. The SMILES string of the molecule is COC(=O)Cc1nc(CBr)cc(OC(F)(F)F)c1C(F)(F)F. The number of methoxy groups -OCH3 is 1. The van der Waals surface area contributed by atoms with Crippen LogP contribution in [-0.2, 0) is 27.5 Å². The molecular weight excluding hydrogens is 388 g/mol. The lowest BCUT2D eigenvalue weighted by molar-refractivity contribution is -0.276. The number of halogens is 7. The molecule has 0 amide bonds. The monoisotopic (exact) mass is 395 g/mol. The van der Waals surface area contributed by atoms with Gasteiger partial charge in [0.05, 0.1) is 24.9 Å². The lowest BCUT2D eigenvalue weighted by Gasteiger charge is -2.18. The number of hydrogen-bond donors (Lipinski definition) is 0. The number of carbonyl (C=O) groups is 1. The van der Waals surface area contributed by atoms with Gasteiger partial charge in [-0.15, -0.1) is 13.2 Å². The summed E-state index contributed by atoms with van der Waals surface area (Å²) in [6.45, 7) is 0. The molecule has 124 valence electrons. The number of ether oxygens (including phenoxy) is 2. The van der Waals surface area contributed by atoms with E-state index in [2.05, 4.69) is 30.4 Å². The van der Waals surface area contributed by atoms with E-state index in [0.29, 0.717) is 6.07 Å². The Morgan fingerprint density at radius 3 is 2.27 bits per heavy atom. The van der Waals surface area contributed by atoms with Crippen molar-refractivity contribution in [2.75, 3.05) is 7.11 Å². The molecule has 0 saturated carbocycles. The first-order valence-electron chi connectivity index (χ1n) is 5.46. The maximum atomic E-state index is 13.0. The topological polar surface area (TPSA) is 48.4 Å². The van der Waals surface area contributed by atoms with Crippen molar-refractivity contribution in [1.29, 1.82) is 0 Å². The Hall–Kier alpha value is -1.52.